The summed E-state index contributed by atoms with van der Waals surface area (Å²) in [6.07, 6.45) is 5.02. The molecule has 2 N–H and O–H groups in total. The van der Waals surface area contributed by atoms with Crippen molar-refractivity contribution in [3.8, 4) is 6.07 Å². The van der Waals surface area contributed by atoms with Gasteiger partial charge >= 0.3 is 0 Å². The number of hydrogen-bond donors (Lipinski definition) is 2. The van der Waals surface area contributed by atoms with Crippen molar-refractivity contribution in [1.82, 2.24) is 10.2 Å². The summed E-state index contributed by atoms with van der Waals surface area (Å²) in [6.45, 7) is 7.72. The number of methoxy groups -OCH3 is 1. The molecule has 2 amide bonds. The maximum atomic E-state index is 13.5. The summed E-state index contributed by atoms with van der Waals surface area (Å²) in [5, 5.41) is 23.9. The van der Waals surface area contributed by atoms with Gasteiger partial charge in [0.25, 0.3) is 5.91 Å². The van der Waals surface area contributed by atoms with Crippen LogP contribution in [-0.2, 0) is 9.53 Å². The highest BCUT2D eigenvalue weighted by atomic mass is 16.5. The Labute approximate surface area is 215 Å². The van der Waals surface area contributed by atoms with Gasteiger partial charge in [0.1, 0.15) is 0 Å². The number of aliphatic hydroxyl groups excluding tert-OH is 1. The van der Waals surface area contributed by atoms with Crippen molar-refractivity contribution in [1.29, 1.82) is 5.26 Å². The molecule has 1 saturated heterocycles. The molecule has 0 spiro atoms. The van der Waals surface area contributed by atoms with Crippen LogP contribution in [0.15, 0.2) is 24.3 Å². The van der Waals surface area contributed by atoms with Crippen LogP contribution in [0.5, 0.6) is 0 Å². The zero-order valence-electron chi connectivity index (χ0n) is 22.1. The van der Waals surface area contributed by atoms with Gasteiger partial charge in [0.05, 0.1) is 30.4 Å². The van der Waals surface area contributed by atoms with Gasteiger partial charge in [0.2, 0.25) is 5.91 Å². The van der Waals surface area contributed by atoms with Crippen LogP contribution in [0.1, 0.15) is 75.2 Å². The Morgan fingerprint density at radius 2 is 1.94 bits per heavy atom. The van der Waals surface area contributed by atoms with Gasteiger partial charge in [-0.3, -0.25) is 9.59 Å². The molecule has 4 rings (SSSR count). The van der Waals surface area contributed by atoms with Crippen molar-refractivity contribution in [2.45, 2.75) is 77.5 Å². The molecule has 1 aromatic carbocycles. The minimum Gasteiger partial charge on any atom is -0.392 e. The number of nitrogens with zero attached hydrogens (tertiary/aromatic N) is 2. The van der Waals surface area contributed by atoms with E-state index < -0.39 is 6.10 Å². The van der Waals surface area contributed by atoms with Gasteiger partial charge in [0.15, 0.2) is 0 Å². The van der Waals surface area contributed by atoms with E-state index in [1.54, 1.807) is 31.4 Å². The van der Waals surface area contributed by atoms with Crippen LogP contribution in [0.2, 0.25) is 0 Å². The third-order valence-electron chi connectivity index (χ3n) is 9.53. The van der Waals surface area contributed by atoms with E-state index in [0.29, 0.717) is 17.7 Å². The summed E-state index contributed by atoms with van der Waals surface area (Å²) in [7, 11) is 1.68. The number of nitrogens with one attached hydrogen (secondary N) is 1. The van der Waals surface area contributed by atoms with Gasteiger partial charge in [-0.2, -0.15) is 5.26 Å². The minimum absolute atomic E-state index is 0.00000240. The highest BCUT2D eigenvalue weighted by Crippen LogP contribution is 2.55. The molecule has 0 radical (unpaired) electrons. The van der Waals surface area contributed by atoms with Crippen molar-refractivity contribution in [2.24, 2.45) is 29.1 Å². The molecule has 2 saturated carbocycles. The lowest BCUT2D eigenvalue weighted by Crippen LogP contribution is -2.58. The van der Waals surface area contributed by atoms with E-state index in [9.17, 15) is 14.7 Å². The van der Waals surface area contributed by atoms with E-state index >= 15 is 0 Å². The number of amides is 2. The molecule has 0 aromatic heterocycles. The fourth-order valence-electron chi connectivity index (χ4n) is 7.38. The topological polar surface area (TPSA) is 103 Å². The third-order valence-corrected chi connectivity index (χ3v) is 9.53. The molecule has 1 heterocycles. The van der Waals surface area contributed by atoms with Crippen molar-refractivity contribution >= 4 is 11.8 Å². The molecular weight excluding hydrogens is 454 g/mol. The first-order valence-corrected chi connectivity index (χ1v) is 13.5. The lowest BCUT2D eigenvalue weighted by Gasteiger charge is -2.56. The van der Waals surface area contributed by atoms with Crippen LogP contribution in [-0.4, -0.2) is 60.3 Å². The van der Waals surface area contributed by atoms with Crippen molar-refractivity contribution in [3.63, 3.8) is 0 Å². The summed E-state index contributed by atoms with van der Waals surface area (Å²) in [5.74, 6) is -0.253. The van der Waals surface area contributed by atoms with E-state index in [2.05, 4.69) is 25.2 Å². The highest BCUT2D eigenvalue weighted by molar-refractivity contribution is 5.94. The Hall–Kier alpha value is -2.43. The molecule has 196 valence electrons. The van der Waals surface area contributed by atoms with E-state index in [4.69, 9.17) is 10.00 Å². The van der Waals surface area contributed by atoms with Crippen LogP contribution in [0.4, 0.5) is 0 Å². The van der Waals surface area contributed by atoms with Gasteiger partial charge in [-0.15, -0.1) is 0 Å². The number of carbonyl (C=O) groups excluding carboxylic acids is 2. The zero-order chi connectivity index (χ0) is 26.0. The first-order chi connectivity index (χ1) is 17.2. The second-order valence-electron chi connectivity index (χ2n) is 11.6. The standard InChI is InChI=1S/C29H41N3O4/c1-18(28(35)32-15-5-6-22(32)17-36-4)23-11-13-29(3)14-12-24(19(2)25(29)26(23)33)31-27(34)21-9-7-20(16-30)8-10-21/h7-10,18-19,22-26,33H,5-6,11-15,17H2,1-4H3,(H,31,34)/t18-,19+,22+,23+,24-,25+,26-,29-/m0/s1. The Balaban J connectivity index is 1.46. The fourth-order valence-corrected chi connectivity index (χ4v) is 7.38. The van der Waals surface area contributed by atoms with Gasteiger partial charge in [0, 0.05) is 31.2 Å². The first-order valence-electron chi connectivity index (χ1n) is 13.5. The molecule has 8 atom stereocenters. The number of carbonyl (C=O) groups is 2. The lowest BCUT2D eigenvalue weighted by molar-refractivity contribution is -0.151. The Bertz CT molecular complexity index is 989. The third kappa shape index (κ3) is 5.03. The number of benzene rings is 1. The lowest BCUT2D eigenvalue weighted by atomic mass is 9.51. The van der Waals surface area contributed by atoms with Crippen molar-refractivity contribution in [2.75, 3.05) is 20.3 Å². The van der Waals surface area contributed by atoms with Crippen molar-refractivity contribution < 1.29 is 19.4 Å². The second-order valence-corrected chi connectivity index (χ2v) is 11.6. The summed E-state index contributed by atoms with van der Waals surface area (Å²) < 4.78 is 5.35. The van der Waals surface area contributed by atoms with E-state index in [1.165, 1.54) is 0 Å². The summed E-state index contributed by atoms with van der Waals surface area (Å²) in [6, 6.07) is 8.83. The SMILES string of the molecule is COC[C@H]1CCCN1C(=O)[C@@H](C)[C@H]1CC[C@@]2(C)CC[C@H](NC(=O)c3ccc(C#N)cc3)[C@@H](C)[C@@H]2[C@H]1O. The van der Waals surface area contributed by atoms with Crippen LogP contribution < -0.4 is 5.32 Å². The number of aliphatic hydroxyl groups is 1. The molecule has 1 aromatic rings. The second kappa shape index (κ2) is 10.9. The fraction of sp³-hybridized carbons (Fsp3) is 0.690. The molecule has 7 nitrogen and oxygen atoms in total. The summed E-state index contributed by atoms with van der Waals surface area (Å²) in [5.41, 5.74) is 1.06. The largest absolute Gasteiger partial charge is 0.392 e. The molecular formula is C29H41N3O4. The Morgan fingerprint density at radius 1 is 1.25 bits per heavy atom. The number of fused-ring (bicyclic) bond motifs is 1. The summed E-state index contributed by atoms with van der Waals surface area (Å²) >= 11 is 0. The highest BCUT2D eigenvalue weighted by Gasteiger charge is 2.54. The molecule has 7 heteroatoms. The van der Waals surface area contributed by atoms with Gasteiger partial charge in [-0.25, -0.2) is 0 Å². The predicted octanol–water partition coefficient (Wildman–Crippen LogP) is 3.75. The number of ether oxygens (including phenoxy) is 1. The normalized spacial score (nSPS) is 34.9. The average molecular weight is 496 g/mol. The monoisotopic (exact) mass is 495 g/mol. The number of nitriles is 1. The molecule has 0 unspecified atom stereocenters. The molecule has 3 fully saturated rings. The van der Waals surface area contributed by atoms with Crippen LogP contribution in [0.3, 0.4) is 0 Å². The number of likely N-dealkylation sites (tertiary alicyclic amines) is 1. The smallest absolute Gasteiger partial charge is 0.251 e. The van der Waals surface area contributed by atoms with Crippen LogP contribution >= 0.6 is 0 Å². The van der Waals surface area contributed by atoms with Crippen molar-refractivity contribution in [3.05, 3.63) is 35.4 Å². The van der Waals surface area contributed by atoms with E-state index in [-0.39, 0.29) is 53.0 Å². The van der Waals surface area contributed by atoms with Gasteiger partial charge in [-0.05, 0) is 86.0 Å². The first kappa shape index (κ1) is 26.6. The van der Waals surface area contributed by atoms with Gasteiger partial charge < -0.3 is 20.1 Å². The number of hydrogen-bond acceptors (Lipinski definition) is 5. The average Bonchev–Trinajstić information content (AvgIpc) is 3.33. The van der Waals surface area contributed by atoms with E-state index in [0.717, 1.165) is 45.1 Å². The molecule has 0 bridgehead atoms. The van der Waals surface area contributed by atoms with Gasteiger partial charge in [-0.1, -0.05) is 20.8 Å². The molecule has 1 aliphatic heterocycles. The predicted molar refractivity (Wildman–Crippen MR) is 137 cm³/mol. The number of rotatable bonds is 6. The molecule has 3 aliphatic rings. The maximum absolute atomic E-state index is 13.5. The summed E-state index contributed by atoms with van der Waals surface area (Å²) in [4.78, 5) is 28.4. The Kier molecular flexibility index (Phi) is 8.06. The zero-order valence-corrected chi connectivity index (χ0v) is 22.1. The quantitative estimate of drug-likeness (QED) is 0.626. The maximum Gasteiger partial charge on any atom is 0.251 e. The van der Waals surface area contributed by atoms with Crippen LogP contribution in [0, 0.1) is 40.4 Å². The minimum atomic E-state index is -0.587. The Morgan fingerprint density at radius 3 is 2.61 bits per heavy atom. The van der Waals surface area contributed by atoms with E-state index in [1.807, 2.05) is 11.8 Å². The molecule has 36 heavy (non-hydrogen) atoms. The molecule has 2 aliphatic carbocycles. The van der Waals surface area contributed by atoms with Crippen LogP contribution in [0.25, 0.3) is 0 Å².